The summed E-state index contributed by atoms with van der Waals surface area (Å²) in [6, 6.07) is 10.9. The van der Waals surface area contributed by atoms with Crippen molar-refractivity contribution < 1.29 is 22.4 Å². The smallest absolute Gasteiger partial charge is 0.325 e. The van der Waals surface area contributed by atoms with Gasteiger partial charge in [-0.15, -0.1) is 11.8 Å². The van der Waals surface area contributed by atoms with Crippen LogP contribution in [-0.4, -0.2) is 15.7 Å². The molecule has 0 radical (unpaired) electrons. The third-order valence-corrected chi connectivity index (χ3v) is 10.5. The first kappa shape index (κ1) is 23.8. The highest BCUT2D eigenvalue weighted by molar-refractivity contribution is 8.00. The summed E-state index contributed by atoms with van der Waals surface area (Å²) in [5.41, 5.74) is 0.143. The van der Waals surface area contributed by atoms with Gasteiger partial charge in [0.25, 0.3) is 0 Å². The van der Waals surface area contributed by atoms with Crippen LogP contribution in [0.4, 0.5) is 23.2 Å². The number of nitrogens with zero attached hydrogens (tertiary/aromatic N) is 1. The van der Waals surface area contributed by atoms with Gasteiger partial charge in [-0.1, -0.05) is 29.5 Å². The number of hydrogen-bond donors (Lipinski definition) is 1. The molecule has 188 valence electrons. The first-order valence-electron chi connectivity index (χ1n) is 11.8. The van der Waals surface area contributed by atoms with E-state index in [0.29, 0.717) is 23.0 Å². The van der Waals surface area contributed by atoms with E-state index in [1.807, 2.05) is 0 Å². The maximum atomic E-state index is 13.7. The number of fused-ring (bicyclic) bond motifs is 6. The summed E-state index contributed by atoms with van der Waals surface area (Å²) in [6.45, 7) is -0.282. The number of anilines is 1. The van der Waals surface area contributed by atoms with Crippen LogP contribution in [0.15, 0.2) is 58.4 Å². The van der Waals surface area contributed by atoms with Gasteiger partial charge in [0.2, 0.25) is 5.91 Å². The van der Waals surface area contributed by atoms with Crippen molar-refractivity contribution in [3.8, 4) is 0 Å². The Hall–Kier alpha value is -2.59. The summed E-state index contributed by atoms with van der Waals surface area (Å²) in [5, 5.41) is 3.58. The molecule has 5 atom stereocenters. The normalized spacial score (nSPS) is 26.5. The number of amides is 1. The van der Waals surface area contributed by atoms with E-state index in [1.54, 1.807) is 23.9 Å². The van der Waals surface area contributed by atoms with Crippen LogP contribution in [0.3, 0.4) is 0 Å². The second-order valence-electron chi connectivity index (χ2n) is 9.77. The van der Waals surface area contributed by atoms with Crippen LogP contribution in [0.5, 0.6) is 0 Å². The first-order valence-corrected chi connectivity index (χ1v) is 13.5. The number of carbonyl (C=O) groups is 1. The van der Waals surface area contributed by atoms with Gasteiger partial charge < -0.3 is 5.32 Å². The van der Waals surface area contributed by atoms with Gasteiger partial charge in [0.15, 0.2) is 0 Å². The highest BCUT2D eigenvalue weighted by atomic mass is 32.2. The Balaban J connectivity index is 1.32. The molecule has 1 amide bonds. The maximum absolute atomic E-state index is 13.7. The predicted molar refractivity (Wildman–Crippen MR) is 131 cm³/mol. The third-order valence-electron chi connectivity index (χ3n) is 7.70. The summed E-state index contributed by atoms with van der Waals surface area (Å²) >= 11 is 2.78. The minimum Gasteiger partial charge on any atom is -0.325 e. The molecule has 0 spiro atoms. The molecule has 4 unspecified atom stereocenters. The minimum atomic E-state index is -4.52. The molecular formula is C26H22F4N2O2S2. The van der Waals surface area contributed by atoms with Gasteiger partial charge in [0, 0.05) is 21.7 Å². The van der Waals surface area contributed by atoms with Gasteiger partial charge in [-0.25, -0.2) is 4.39 Å². The van der Waals surface area contributed by atoms with Crippen LogP contribution in [0.2, 0.25) is 0 Å². The van der Waals surface area contributed by atoms with Gasteiger partial charge in [-0.2, -0.15) is 13.2 Å². The van der Waals surface area contributed by atoms with E-state index >= 15 is 0 Å². The van der Waals surface area contributed by atoms with Crippen molar-refractivity contribution in [2.75, 3.05) is 5.32 Å². The quantitative estimate of drug-likeness (QED) is 0.397. The topological polar surface area (TPSA) is 51.1 Å². The molecule has 1 aromatic heterocycles. The van der Waals surface area contributed by atoms with Crippen molar-refractivity contribution >= 4 is 34.7 Å². The van der Waals surface area contributed by atoms with Crippen molar-refractivity contribution in [1.82, 2.24) is 4.57 Å². The largest absolute Gasteiger partial charge is 0.416 e. The fraction of sp³-hybridized carbons (Fsp3) is 0.385. The number of halogens is 4. The van der Waals surface area contributed by atoms with E-state index in [2.05, 4.69) is 5.32 Å². The number of alkyl halides is 3. The molecule has 0 saturated heterocycles. The number of benzene rings is 2. The van der Waals surface area contributed by atoms with Gasteiger partial charge in [0.05, 0.1) is 10.6 Å². The molecule has 1 aliphatic heterocycles. The molecular weight excluding hydrogens is 512 g/mol. The summed E-state index contributed by atoms with van der Waals surface area (Å²) in [4.78, 5) is 26.5. The zero-order valence-electron chi connectivity index (χ0n) is 18.9. The molecule has 3 aliphatic rings. The fourth-order valence-corrected chi connectivity index (χ4v) is 9.40. The molecule has 2 fully saturated rings. The van der Waals surface area contributed by atoms with E-state index in [-0.39, 0.29) is 28.8 Å². The Kier molecular flexibility index (Phi) is 5.79. The van der Waals surface area contributed by atoms with Crippen LogP contribution in [0.25, 0.3) is 0 Å². The Morgan fingerprint density at radius 2 is 1.83 bits per heavy atom. The fourth-order valence-electron chi connectivity index (χ4n) is 6.25. The highest BCUT2D eigenvalue weighted by Gasteiger charge is 2.55. The standard InChI is InChI=1S/C26H22F4N2O2S2/c27-17-8-6-13(7-9-17)20-21-14-4-5-15(10-14)22(21)35-24-23(20)36-25(34)32(24)12-19(33)31-18-3-1-2-16(11-18)26(28,29)30/h1-3,6-9,11,14-15,20-22H,4-5,10,12H2,(H,31,33)/t14?,15?,20-,21?,22?/m0/s1. The van der Waals surface area contributed by atoms with E-state index in [9.17, 15) is 27.2 Å². The number of thioether (sulfide) groups is 1. The summed E-state index contributed by atoms with van der Waals surface area (Å²) in [7, 11) is 0. The molecule has 2 heterocycles. The number of aromatic nitrogens is 1. The number of hydrogen-bond acceptors (Lipinski definition) is 4. The molecule has 2 bridgehead atoms. The Bertz CT molecular complexity index is 1380. The van der Waals surface area contributed by atoms with Crippen molar-refractivity contribution in [3.63, 3.8) is 0 Å². The molecule has 1 N–H and O–H groups in total. The van der Waals surface area contributed by atoms with Crippen molar-refractivity contribution in [1.29, 1.82) is 0 Å². The number of carbonyl (C=O) groups excluding carboxylic acids is 1. The predicted octanol–water partition coefficient (Wildman–Crippen LogP) is 6.36. The zero-order chi connectivity index (χ0) is 25.2. The summed E-state index contributed by atoms with van der Waals surface area (Å²) < 4.78 is 54.3. The van der Waals surface area contributed by atoms with Gasteiger partial charge in [0.1, 0.15) is 12.4 Å². The lowest BCUT2D eigenvalue weighted by Gasteiger charge is -2.40. The lowest BCUT2D eigenvalue weighted by molar-refractivity contribution is -0.137. The van der Waals surface area contributed by atoms with Crippen LogP contribution in [-0.2, 0) is 17.5 Å². The van der Waals surface area contributed by atoms with E-state index < -0.39 is 17.6 Å². The summed E-state index contributed by atoms with van der Waals surface area (Å²) in [6.07, 6.45) is -1.06. The lowest BCUT2D eigenvalue weighted by Crippen LogP contribution is -2.34. The molecule has 3 aromatic rings. The molecule has 36 heavy (non-hydrogen) atoms. The monoisotopic (exact) mass is 534 g/mol. The molecule has 4 nitrogen and oxygen atoms in total. The Labute approximate surface area is 212 Å². The highest BCUT2D eigenvalue weighted by Crippen LogP contribution is 2.64. The third kappa shape index (κ3) is 4.08. The van der Waals surface area contributed by atoms with Gasteiger partial charge in [-0.3, -0.25) is 14.2 Å². The first-order chi connectivity index (χ1) is 17.2. The van der Waals surface area contributed by atoms with Crippen LogP contribution in [0.1, 0.15) is 41.2 Å². The summed E-state index contributed by atoms with van der Waals surface area (Å²) in [5.74, 6) is 0.551. The van der Waals surface area contributed by atoms with Crippen molar-refractivity contribution in [2.45, 2.75) is 48.2 Å². The molecule has 2 aliphatic carbocycles. The molecule has 2 saturated carbocycles. The van der Waals surface area contributed by atoms with Crippen LogP contribution in [0, 0.1) is 23.6 Å². The van der Waals surface area contributed by atoms with E-state index in [1.165, 1.54) is 28.8 Å². The number of rotatable bonds is 4. The second kappa shape index (κ2) is 8.76. The molecule has 6 rings (SSSR count). The average Bonchev–Trinajstić information content (AvgIpc) is 3.52. The van der Waals surface area contributed by atoms with Gasteiger partial charge >= 0.3 is 11.0 Å². The number of nitrogens with one attached hydrogen (secondary N) is 1. The van der Waals surface area contributed by atoms with Crippen LogP contribution >= 0.6 is 23.1 Å². The van der Waals surface area contributed by atoms with Crippen LogP contribution < -0.4 is 10.2 Å². The van der Waals surface area contributed by atoms with Crippen molar-refractivity contribution in [3.05, 3.63) is 80.0 Å². The maximum Gasteiger partial charge on any atom is 0.416 e. The van der Waals surface area contributed by atoms with E-state index in [4.69, 9.17) is 0 Å². The lowest BCUT2D eigenvalue weighted by atomic mass is 9.75. The Morgan fingerprint density at radius 3 is 2.58 bits per heavy atom. The van der Waals surface area contributed by atoms with Gasteiger partial charge in [-0.05, 0) is 72.9 Å². The second-order valence-corrected chi connectivity index (χ2v) is 11.9. The van der Waals surface area contributed by atoms with Crippen molar-refractivity contribution in [2.24, 2.45) is 17.8 Å². The number of thiazole rings is 1. The molecule has 10 heteroatoms. The molecule has 2 aromatic carbocycles. The zero-order valence-corrected chi connectivity index (χ0v) is 20.6. The minimum absolute atomic E-state index is 0.0250. The van der Waals surface area contributed by atoms with E-state index in [0.717, 1.165) is 58.2 Å². The SMILES string of the molecule is O=C(Cn1c2c(sc1=O)[C@@H](c1ccc(F)cc1)C1C3CCC(C3)C1S2)Nc1cccc(C(F)(F)F)c1. The average molecular weight is 535 g/mol. The Morgan fingerprint density at radius 1 is 1.08 bits per heavy atom.